The zero-order valence-electron chi connectivity index (χ0n) is 6.01. The van der Waals surface area contributed by atoms with Crippen LogP contribution in [0.3, 0.4) is 0 Å². The number of halogens is 2. The largest absolute Gasteiger partial charge is 0.245 e. The van der Waals surface area contributed by atoms with E-state index in [1.807, 2.05) is 12.1 Å². The Morgan fingerprint density at radius 1 is 1.50 bits per heavy atom. The minimum absolute atomic E-state index is 0.692. The molecule has 1 aliphatic heterocycles. The summed E-state index contributed by atoms with van der Waals surface area (Å²) in [4.78, 5) is 4.23. The van der Waals surface area contributed by atoms with Gasteiger partial charge in [-0.15, -0.1) is 12.6 Å². The van der Waals surface area contributed by atoms with Crippen molar-refractivity contribution in [1.29, 1.82) is 0 Å². The highest BCUT2D eigenvalue weighted by molar-refractivity contribution is 9.10. The van der Waals surface area contributed by atoms with E-state index in [1.54, 1.807) is 0 Å². The normalized spacial score (nSPS) is 14.4. The molecule has 1 aromatic rings. The van der Waals surface area contributed by atoms with E-state index >= 15 is 0 Å². The summed E-state index contributed by atoms with van der Waals surface area (Å²) in [5.74, 6) is 0. The molecule has 12 heavy (non-hydrogen) atoms. The smallest absolute Gasteiger partial charge is 0.0872 e. The quantitative estimate of drug-likeness (QED) is 0.686. The van der Waals surface area contributed by atoms with Crippen LogP contribution in [0.2, 0.25) is 5.02 Å². The van der Waals surface area contributed by atoms with E-state index in [-0.39, 0.29) is 0 Å². The number of hydrogen-bond acceptors (Lipinski definition) is 1. The standard InChI is InChI=1S/C8H5BrClNS/c9-5-1-2-6(10)8-4(5)3-7(12)11-8/h1-2H,3H2,(H,11,12). The lowest BCUT2D eigenvalue weighted by Crippen LogP contribution is -1.86. The number of nitrogens with zero attached hydrogens (tertiary/aromatic N) is 1. The molecule has 0 spiro atoms. The Hall–Kier alpha value is 0.01000. The van der Waals surface area contributed by atoms with Gasteiger partial charge in [0, 0.05) is 10.9 Å². The van der Waals surface area contributed by atoms with E-state index in [1.165, 1.54) is 0 Å². The Morgan fingerprint density at radius 2 is 2.25 bits per heavy atom. The van der Waals surface area contributed by atoms with Gasteiger partial charge in [-0.1, -0.05) is 27.5 Å². The molecule has 0 N–H and O–H groups in total. The average Bonchev–Trinajstić information content (AvgIpc) is 2.41. The lowest BCUT2D eigenvalue weighted by Gasteiger charge is -2.01. The Labute approximate surface area is 89.4 Å². The third kappa shape index (κ3) is 1.30. The van der Waals surface area contributed by atoms with E-state index in [0.29, 0.717) is 5.02 Å². The maximum atomic E-state index is 5.95. The number of thiol groups is 1. The monoisotopic (exact) mass is 261 g/mol. The molecule has 0 saturated heterocycles. The molecular formula is C8H5BrClNS. The lowest BCUT2D eigenvalue weighted by molar-refractivity contribution is 1.38. The van der Waals surface area contributed by atoms with Crippen molar-refractivity contribution in [3.63, 3.8) is 0 Å². The van der Waals surface area contributed by atoms with Crippen molar-refractivity contribution in [1.82, 2.24) is 0 Å². The number of aliphatic imine (C=N–C) groups is 1. The van der Waals surface area contributed by atoms with Crippen LogP contribution < -0.4 is 0 Å². The van der Waals surface area contributed by atoms with Gasteiger partial charge in [-0.25, -0.2) is 4.99 Å². The van der Waals surface area contributed by atoms with E-state index in [4.69, 9.17) is 11.6 Å². The maximum absolute atomic E-state index is 5.95. The second-order valence-corrected chi connectivity index (χ2v) is 4.34. The Kier molecular flexibility index (Phi) is 2.19. The predicted octanol–water partition coefficient (Wildman–Crippen LogP) is 3.62. The summed E-state index contributed by atoms with van der Waals surface area (Å²) in [5.41, 5.74) is 1.99. The second-order valence-electron chi connectivity index (χ2n) is 2.56. The van der Waals surface area contributed by atoms with Gasteiger partial charge in [-0.3, -0.25) is 0 Å². The minimum Gasteiger partial charge on any atom is -0.245 e. The van der Waals surface area contributed by atoms with E-state index in [0.717, 1.165) is 27.2 Å². The number of fused-ring (bicyclic) bond motifs is 1. The van der Waals surface area contributed by atoms with Crippen LogP contribution in [0.5, 0.6) is 0 Å². The predicted molar refractivity (Wildman–Crippen MR) is 58.9 cm³/mol. The van der Waals surface area contributed by atoms with Crippen LogP contribution in [0.15, 0.2) is 21.6 Å². The minimum atomic E-state index is 0.692. The van der Waals surface area contributed by atoms with Gasteiger partial charge in [0.05, 0.1) is 15.8 Å². The highest BCUT2D eigenvalue weighted by Crippen LogP contribution is 2.39. The highest BCUT2D eigenvalue weighted by Gasteiger charge is 2.17. The first-order valence-corrected chi connectivity index (χ1v) is 5.03. The average molecular weight is 263 g/mol. The van der Waals surface area contributed by atoms with Gasteiger partial charge < -0.3 is 0 Å². The molecule has 0 fully saturated rings. The van der Waals surface area contributed by atoms with Crippen LogP contribution in [0.1, 0.15) is 5.56 Å². The molecule has 0 radical (unpaired) electrons. The van der Waals surface area contributed by atoms with Crippen LogP contribution >= 0.6 is 40.2 Å². The van der Waals surface area contributed by atoms with E-state index in [9.17, 15) is 0 Å². The summed E-state index contributed by atoms with van der Waals surface area (Å²) < 4.78 is 1.05. The topological polar surface area (TPSA) is 12.4 Å². The summed E-state index contributed by atoms with van der Waals surface area (Å²) in [6.07, 6.45) is 0.777. The van der Waals surface area contributed by atoms with E-state index < -0.39 is 0 Å². The van der Waals surface area contributed by atoms with Crippen molar-refractivity contribution in [3.8, 4) is 0 Å². The van der Waals surface area contributed by atoms with Gasteiger partial charge in [0.25, 0.3) is 0 Å². The van der Waals surface area contributed by atoms with Crippen LogP contribution in [0.25, 0.3) is 0 Å². The Balaban J connectivity index is 2.66. The third-order valence-electron chi connectivity index (χ3n) is 1.75. The molecule has 0 saturated carbocycles. The molecule has 4 heteroatoms. The van der Waals surface area contributed by atoms with Crippen molar-refractivity contribution >= 4 is 50.9 Å². The number of benzene rings is 1. The Bertz CT molecular complexity index is 376. The molecule has 0 atom stereocenters. The highest BCUT2D eigenvalue weighted by atomic mass is 79.9. The van der Waals surface area contributed by atoms with Gasteiger partial charge in [0.2, 0.25) is 0 Å². The van der Waals surface area contributed by atoms with Crippen molar-refractivity contribution < 1.29 is 0 Å². The zero-order valence-corrected chi connectivity index (χ0v) is 9.25. The summed E-state index contributed by atoms with van der Waals surface area (Å²) in [5, 5.41) is 1.51. The fourth-order valence-electron chi connectivity index (χ4n) is 1.20. The van der Waals surface area contributed by atoms with Crippen LogP contribution in [0, 0.1) is 0 Å². The molecule has 0 unspecified atom stereocenters. The molecule has 0 aliphatic carbocycles. The molecule has 0 amide bonds. The summed E-state index contributed by atoms with van der Waals surface area (Å²) in [6, 6.07) is 3.77. The fraction of sp³-hybridized carbons (Fsp3) is 0.125. The number of rotatable bonds is 0. The molecule has 62 valence electrons. The molecule has 2 rings (SSSR count). The Morgan fingerprint density at radius 3 is 2.92 bits per heavy atom. The maximum Gasteiger partial charge on any atom is 0.0872 e. The molecular weight excluding hydrogens is 258 g/mol. The first kappa shape index (κ1) is 8.60. The lowest BCUT2D eigenvalue weighted by atomic mass is 10.1. The van der Waals surface area contributed by atoms with Crippen molar-refractivity contribution in [3.05, 3.63) is 27.2 Å². The van der Waals surface area contributed by atoms with Crippen LogP contribution in [-0.2, 0) is 6.42 Å². The third-order valence-corrected chi connectivity index (χ3v) is 3.06. The summed E-state index contributed by atoms with van der Waals surface area (Å²) >= 11 is 13.6. The summed E-state index contributed by atoms with van der Waals surface area (Å²) in [6.45, 7) is 0. The van der Waals surface area contributed by atoms with Crippen LogP contribution in [-0.4, -0.2) is 5.04 Å². The van der Waals surface area contributed by atoms with Crippen LogP contribution in [0.4, 0.5) is 5.69 Å². The van der Waals surface area contributed by atoms with Gasteiger partial charge in [0.15, 0.2) is 0 Å². The van der Waals surface area contributed by atoms with Crippen molar-refractivity contribution in [2.24, 2.45) is 4.99 Å². The van der Waals surface area contributed by atoms with Gasteiger partial charge in [-0.2, -0.15) is 0 Å². The molecule has 1 aromatic carbocycles. The number of hydrogen-bond donors (Lipinski definition) is 1. The zero-order chi connectivity index (χ0) is 8.72. The van der Waals surface area contributed by atoms with Gasteiger partial charge >= 0.3 is 0 Å². The van der Waals surface area contributed by atoms with Crippen molar-refractivity contribution in [2.75, 3.05) is 0 Å². The molecule has 0 bridgehead atoms. The van der Waals surface area contributed by atoms with Gasteiger partial charge in [0.1, 0.15) is 0 Å². The summed E-state index contributed by atoms with van der Waals surface area (Å²) in [7, 11) is 0. The van der Waals surface area contributed by atoms with Crippen molar-refractivity contribution in [2.45, 2.75) is 6.42 Å². The first-order chi connectivity index (χ1) is 5.68. The van der Waals surface area contributed by atoms with E-state index in [2.05, 4.69) is 33.6 Å². The molecule has 1 nitrogen and oxygen atoms in total. The molecule has 1 heterocycles. The molecule has 0 aromatic heterocycles. The molecule has 1 aliphatic rings. The van der Waals surface area contributed by atoms with Gasteiger partial charge in [-0.05, 0) is 17.7 Å². The first-order valence-electron chi connectivity index (χ1n) is 3.42. The fourth-order valence-corrected chi connectivity index (χ4v) is 2.14. The second kappa shape index (κ2) is 3.05. The SMILES string of the molecule is SC1=Nc2c(Cl)ccc(Br)c2C1.